The van der Waals surface area contributed by atoms with Crippen molar-refractivity contribution in [2.75, 3.05) is 19.7 Å². The van der Waals surface area contributed by atoms with Gasteiger partial charge in [0.1, 0.15) is 5.75 Å². The summed E-state index contributed by atoms with van der Waals surface area (Å²) in [4.78, 5) is 13.9. The monoisotopic (exact) mass is 262 g/mol. The van der Waals surface area contributed by atoms with E-state index in [4.69, 9.17) is 10.5 Å². The average Bonchev–Trinajstić information content (AvgIpc) is 2.46. The summed E-state index contributed by atoms with van der Waals surface area (Å²) >= 11 is 0. The summed E-state index contributed by atoms with van der Waals surface area (Å²) in [6.07, 6.45) is 1.99. The van der Waals surface area contributed by atoms with Crippen LogP contribution in [0.5, 0.6) is 5.75 Å². The summed E-state index contributed by atoms with van der Waals surface area (Å²) in [6.45, 7) is 3.75. The molecule has 1 amide bonds. The van der Waals surface area contributed by atoms with Gasteiger partial charge < -0.3 is 15.4 Å². The van der Waals surface area contributed by atoms with Crippen molar-refractivity contribution in [3.05, 3.63) is 30.3 Å². The summed E-state index contributed by atoms with van der Waals surface area (Å²) in [5.74, 6) is 1.34. The Balaban J connectivity index is 1.76. The van der Waals surface area contributed by atoms with E-state index in [2.05, 4.69) is 0 Å². The minimum Gasteiger partial charge on any atom is -0.484 e. The highest BCUT2D eigenvalue weighted by atomic mass is 16.5. The molecule has 1 aromatic rings. The van der Waals surface area contributed by atoms with Gasteiger partial charge in [0.05, 0.1) is 0 Å². The fraction of sp³-hybridized carbons (Fsp3) is 0.533. The van der Waals surface area contributed by atoms with Crippen LogP contribution in [0.15, 0.2) is 30.3 Å². The van der Waals surface area contributed by atoms with Gasteiger partial charge in [-0.3, -0.25) is 4.79 Å². The predicted molar refractivity (Wildman–Crippen MR) is 74.9 cm³/mol. The average molecular weight is 262 g/mol. The van der Waals surface area contributed by atoms with Gasteiger partial charge in [-0.25, -0.2) is 0 Å². The van der Waals surface area contributed by atoms with Crippen LogP contribution in [0.25, 0.3) is 0 Å². The number of hydrogen-bond acceptors (Lipinski definition) is 3. The third kappa shape index (κ3) is 3.96. The Kier molecular flexibility index (Phi) is 4.80. The van der Waals surface area contributed by atoms with Crippen LogP contribution >= 0.6 is 0 Å². The van der Waals surface area contributed by atoms with E-state index in [1.165, 1.54) is 0 Å². The van der Waals surface area contributed by atoms with Gasteiger partial charge in [-0.15, -0.1) is 0 Å². The molecule has 19 heavy (non-hydrogen) atoms. The van der Waals surface area contributed by atoms with Gasteiger partial charge in [0.25, 0.3) is 5.91 Å². The number of carbonyl (C=O) groups is 1. The number of ether oxygens (including phenoxy) is 1. The lowest BCUT2D eigenvalue weighted by Gasteiger charge is -2.33. The van der Waals surface area contributed by atoms with E-state index < -0.39 is 0 Å². The van der Waals surface area contributed by atoms with Gasteiger partial charge in [0.2, 0.25) is 0 Å². The molecule has 1 atom stereocenters. The maximum Gasteiger partial charge on any atom is 0.260 e. The van der Waals surface area contributed by atoms with E-state index >= 15 is 0 Å². The lowest BCUT2D eigenvalue weighted by Crippen LogP contribution is -2.44. The van der Waals surface area contributed by atoms with Crippen molar-refractivity contribution in [1.29, 1.82) is 0 Å². The third-order valence-electron chi connectivity index (χ3n) is 3.74. The van der Waals surface area contributed by atoms with Crippen LogP contribution in [-0.4, -0.2) is 36.5 Å². The number of para-hydroxylation sites is 1. The highest BCUT2D eigenvalue weighted by Crippen LogP contribution is 2.19. The Morgan fingerprint density at radius 3 is 2.58 bits per heavy atom. The van der Waals surface area contributed by atoms with Crippen molar-refractivity contribution in [2.24, 2.45) is 11.7 Å². The van der Waals surface area contributed by atoms with Crippen LogP contribution in [0, 0.1) is 5.92 Å². The number of rotatable bonds is 4. The van der Waals surface area contributed by atoms with Crippen LogP contribution in [0.4, 0.5) is 0 Å². The first kappa shape index (κ1) is 13.9. The Labute approximate surface area is 114 Å². The van der Waals surface area contributed by atoms with E-state index in [-0.39, 0.29) is 18.6 Å². The van der Waals surface area contributed by atoms with Gasteiger partial charge >= 0.3 is 0 Å². The lowest BCUT2D eigenvalue weighted by atomic mass is 9.91. The molecular formula is C15H22N2O2. The van der Waals surface area contributed by atoms with Crippen LogP contribution < -0.4 is 10.5 Å². The van der Waals surface area contributed by atoms with Crippen molar-refractivity contribution in [3.63, 3.8) is 0 Å². The number of nitrogens with zero attached hydrogens (tertiary/aromatic N) is 1. The molecule has 0 aromatic heterocycles. The second-order valence-electron chi connectivity index (χ2n) is 5.18. The Morgan fingerprint density at radius 2 is 2.00 bits per heavy atom. The normalized spacial score (nSPS) is 18.1. The van der Waals surface area contributed by atoms with E-state index in [1.54, 1.807) is 0 Å². The lowest BCUT2D eigenvalue weighted by molar-refractivity contribution is -0.134. The van der Waals surface area contributed by atoms with Crippen molar-refractivity contribution < 1.29 is 9.53 Å². The fourth-order valence-electron chi connectivity index (χ4n) is 2.43. The number of hydrogen-bond donors (Lipinski definition) is 1. The summed E-state index contributed by atoms with van der Waals surface area (Å²) in [7, 11) is 0. The molecule has 104 valence electrons. The highest BCUT2D eigenvalue weighted by molar-refractivity contribution is 5.77. The molecule has 1 aromatic carbocycles. The SMILES string of the molecule is CC(N)C1CCN(C(=O)COc2ccccc2)CC1. The molecule has 0 spiro atoms. The van der Waals surface area contributed by atoms with E-state index in [9.17, 15) is 4.79 Å². The van der Waals surface area contributed by atoms with E-state index in [1.807, 2.05) is 42.2 Å². The number of amides is 1. The van der Waals surface area contributed by atoms with Gasteiger partial charge in [-0.2, -0.15) is 0 Å². The van der Waals surface area contributed by atoms with Crippen LogP contribution in [0.2, 0.25) is 0 Å². The maximum atomic E-state index is 12.0. The predicted octanol–water partition coefficient (Wildman–Crippen LogP) is 1.65. The number of carbonyl (C=O) groups excluding carboxylic acids is 1. The molecule has 0 bridgehead atoms. The van der Waals surface area contributed by atoms with E-state index in [0.29, 0.717) is 5.92 Å². The quantitative estimate of drug-likeness (QED) is 0.897. The first-order valence-corrected chi connectivity index (χ1v) is 6.88. The molecule has 1 unspecified atom stereocenters. The number of piperidine rings is 1. The topological polar surface area (TPSA) is 55.6 Å². The number of nitrogens with two attached hydrogens (primary N) is 1. The molecule has 0 saturated carbocycles. The standard InChI is InChI=1S/C15H22N2O2/c1-12(16)13-7-9-17(10-8-13)15(18)11-19-14-5-3-2-4-6-14/h2-6,12-13H,7-11,16H2,1H3. The van der Waals surface area contributed by atoms with Crippen LogP contribution in [-0.2, 0) is 4.79 Å². The van der Waals surface area contributed by atoms with Crippen molar-refractivity contribution >= 4 is 5.91 Å². The highest BCUT2D eigenvalue weighted by Gasteiger charge is 2.24. The van der Waals surface area contributed by atoms with Gasteiger partial charge in [-0.1, -0.05) is 18.2 Å². The van der Waals surface area contributed by atoms with Crippen molar-refractivity contribution in [3.8, 4) is 5.75 Å². The molecule has 1 heterocycles. The van der Waals surface area contributed by atoms with Crippen LogP contribution in [0.3, 0.4) is 0 Å². The molecule has 1 saturated heterocycles. The minimum atomic E-state index is 0.0620. The maximum absolute atomic E-state index is 12.0. The zero-order valence-electron chi connectivity index (χ0n) is 11.4. The molecule has 4 nitrogen and oxygen atoms in total. The van der Waals surface area contributed by atoms with Crippen molar-refractivity contribution in [1.82, 2.24) is 4.90 Å². The first-order valence-electron chi connectivity index (χ1n) is 6.88. The fourth-order valence-corrected chi connectivity index (χ4v) is 2.43. The molecule has 1 aliphatic heterocycles. The molecule has 4 heteroatoms. The summed E-state index contributed by atoms with van der Waals surface area (Å²) < 4.78 is 5.48. The number of benzene rings is 1. The first-order chi connectivity index (χ1) is 9.16. The number of likely N-dealkylation sites (tertiary alicyclic amines) is 1. The second kappa shape index (κ2) is 6.57. The molecule has 2 rings (SSSR count). The molecule has 0 aliphatic carbocycles. The Bertz CT molecular complexity index is 398. The zero-order valence-corrected chi connectivity index (χ0v) is 11.4. The molecule has 1 fully saturated rings. The second-order valence-corrected chi connectivity index (χ2v) is 5.18. The summed E-state index contributed by atoms with van der Waals surface area (Å²) in [5.41, 5.74) is 5.90. The van der Waals surface area contributed by atoms with Crippen molar-refractivity contribution in [2.45, 2.75) is 25.8 Å². The van der Waals surface area contributed by atoms with Gasteiger partial charge in [-0.05, 0) is 37.8 Å². The summed E-state index contributed by atoms with van der Waals surface area (Å²) in [5, 5.41) is 0. The summed E-state index contributed by atoms with van der Waals surface area (Å²) in [6, 6.07) is 9.65. The van der Waals surface area contributed by atoms with Gasteiger partial charge in [0, 0.05) is 19.1 Å². The Morgan fingerprint density at radius 1 is 1.37 bits per heavy atom. The minimum absolute atomic E-state index is 0.0620. The molecular weight excluding hydrogens is 240 g/mol. The zero-order chi connectivity index (χ0) is 13.7. The van der Waals surface area contributed by atoms with Crippen LogP contribution in [0.1, 0.15) is 19.8 Å². The molecule has 0 radical (unpaired) electrons. The van der Waals surface area contributed by atoms with Gasteiger partial charge in [0.15, 0.2) is 6.61 Å². The molecule has 1 aliphatic rings. The Hall–Kier alpha value is -1.55. The largest absolute Gasteiger partial charge is 0.484 e. The van der Waals surface area contributed by atoms with E-state index in [0.717, 1.165) is 31.7 Å². The molecule has 2 N–H and O–H groups in total. The third-order valence-corrected chi connectivity index (χ3v) is 3.74. The smallest absolute Gasteiger partial charge is 0.260 e.